The molecule has 49 valence electrons. The summed E-state index contributed by atoms with van der Waals surface area (Å²) in [6.07, 6.45) is 3.98. The van der Waals surface area contributed by atoms with Gasteiger partial charge in [-0.15, -0.1) is 0 Å². The second-order valence-corrected chi connectivity index (χ2v) is 2.70. The largest absolute Gasteiger partial charge is 0.362 e. The fourth-order valence-corrected chi connectivity index (χ4v) is 0.221. The summed E-state index contributed by atoms with van der Waals surface area (Å²) >= 11 is 0. The van der Waals surface area contributed by atoms with Crippen LogP contribution in [0.3, 0.4) is 0 Å². The first-order chi connectivity index (χ1) is 4.06. The minimum Gasteiger partial charge on any atom is -0.362 e. The van der Waals surface area contributed by atoms with Crippen LogP contribution in [0.5, 0.6) is 0 Å². The van der Waals surface area contributed by atoms with E-state index in [1.807, 2.05) is 20.8 Å². The fraction of sp³-hybridized carbons (Fsp3) is 0.667. The number of hydrogen-bond acceptors (Lipinski definition) is 2. The first-order valence-corrected chi connectivity index (χ1v) is 2.67. The number of nitriles is 1. The molecule has 0 fully saturated rings. The zero-order chi connectivity index (χ0) is 7.33. The Hall–Kier alpha value is -1.04. The van der Waals surface area contributed by atoms with Gasteiger partial charge in [-0.3, -0.25) is 0 Å². The highest BCUT2D eigenvalue weighted by atomic mass is 15.0. The zero-order valence-corrected chi connectivity index (χ0v) is 5.89. The average Bonchev–Trinajstić information content (AvgIpc) is 1.63. The molecule has 0 spiro atoms. The van der Waals surface area contributed by atoms with Gasteiger partial charge in [0.05, 0.1) is 0 Å². The molecule has 0 aromatic rings. The van der Waals surface area contributed by atoms with Gasteiger partial charge in [0.2, 0.25) is 6.19 Å². The molecule has 0 saturated carbocycles. The molecule has 1 N–H and O–H groups in total. The molecule has 3 heteroatoms. The lowest BCUT2D eigenvalue weighted by Gasteiger charge is -2.16. The molecule has 9 heavy (non-hydrogen) atoms. The fourth-order valence-electron chi connectivity index (χ4n) is 0.221. The third-order valence-electron chi connectivity index (χ3n) is 0.537. The lowest BCUT2D eigenvalue weighted by molar-refractivity contribution is 0.517. The summed E-state index contributed by atoms with van der Waals surface area (Å²) in [7, 11) is 0. The van der Waals surface area contributed by atoms with Gasteiger partial charge in [-0.1, -0.05) is 0 Å². The number of hydrogen-bond donors (Lipinski definition) is 1. The van der Waals surface area contributed by atoms with Gasteiger partial charge in [0.15, 0.2) is 6.34 Å². The van der Waals surface area contributed by atoms with Crippen molar-refractivity contribution in [3.8, 4) is 6.19 Å². The zero-order valence-electron chi connectivity index (χ0n) is 5.89. The SMILES string of the molecule is CC(C)(C)N/[C]=N/C#N. The Balaban J connectivity index is 3.54. The molecular formula is C6H10N3. The summed E-state index contributed by atoms with van der Waals surface area (Å²) in [6.45, 7) is 5.90. The molecule has 0 rings (SSSR count). The van der Waals surface area contributed by atoms with Gasteiger partial charge in [0, 0.05) is 5.54 Å². The molecule has 3 nitrogen and oxygen atoms in total. The minimum atomic E-state index is -0.0552. The maximum atomic E-state index is 7.94. The summed E-state index contributed by atoms with van der Waals surface area (Å²) < 4.78 is 0. The highest BCUT2D eigenvalue weighted by Gasteiger charge is 2.04. The van der Waals surface area contributed by atoms with Crippen LogP contribution in [0.1, 0.15) is 20.8 Å². The Morgan fingerprint density at radius 1 is 1.44 bits per heavy atom. The van der Waals surface area contributed by atoms with Gasteiger partial charge >= 0.3 is 0 Å². The second kappa shape index (κ2) is 3.08. The Bertz CT molecular complexity index is 135. The summed E-state index contributed by atoms with van der Waals surface area (Å²) in [5.74, 6) is 0. The van der Waals surface area contributed by atoms with Crippen molar-refractivity contribution in [3.05, 3.63) is 0 Å². The van der Waals surface area contributed by atoms with Crippen molar-refractivity contribution in [2.24, 2.45) is 4.99 Å². The third-order valence-corrected chi connectivity index (χ3v) is 0.537. The van der Waals surface area contributed by atoms with Crippen LogP contribution >= 0.6 is 0 Å². The molecule has 0 amide bonds. The van der Waals surface area contributed by atoms with Crippen LogP contribution in [0, 0.1) is 11.5 Å². The van der Waals surface area contributed by atoms with E-state index in [2.05, 4.69) is 16.6 Å². The predicted octanol–water partition coefficient (Wildman–Crippen LogP) is 0.761. The normalized spacial score (nSPS) is 11.3. The highest BCUT2D eigenvalue weighted by molar-refractivity contribution is 5.56. The van der Waals surface area contributed by atoms with Crippen molar-refractivity contribution >= 4 is 6.34 Å². The van der Waals surface area contributed by atoms with Crippen molar-refractivity contribution < 1.29 is 0 Å². The molecule has 0 aliphatic rings. The van der Waals surface area contributed by atoms with E-state index in [0.29, 0.717) is 0 Å². The summed E-state index contributed by atoms with van der Waals surface area (Å²) in [6, 6.07) is 0. The molecule has 0 aromatic carbocycles. The third kappa shape index (κ3) is 6.96. The van der Waals surface area contributed by atoms with Gasteiger partial charge in [-0.2, -0.15) is 10.3 Å². The predicted molar refractivity (Wildman–Crippen MR) is 35.9 cm³/mol. The van der Waals surface area contributed by atoms with Crippen LogP contribution in [-0.2, 0) is 0 Å². The summed E-state index contributed by atoms with van der Waals surface area (Å²) in [5.41, 5.74) is -0.0552. The summed E-state index contributed by atoms with van der Waals surface area (Å²) in [5, 5.41) is 10.7. The first kappa shape index (κ1) is 7.96. The maximum Gasteiger partial charge on any atom is 0.207 e. The van der Waals surface area contributed by atoms with E-state index >= 15 is 0 Å². The molecular weight excluding hydrogens is 114 g/mol. The molecule has 0 aliphatic carbocycles. The van der Waals surface area contributed by atoms with Crippen LogP contribution < -0.4 is 5.32 Å². The lowest BCUT2D eigenvalue weighted by Crippen LogP contribution is -2.34. The Kier molecular flexibility index (Phi) is 2.72. The van der Waals surface area contributed by atoms with Gasteiger partial charge < -0.3 is 5.32 Å². The molecule has 0 saturated heterocycles. The monoisotopic (exact) mass is 124 g/mol. The van der Waals surface area contributed by atoms with E-state index in [4.69, 9.17) is 5.26 Å². The summed E-state index contributed by atoms with van der Waals surface area (Å²) in [4.78, 5) is 3.20. The minimum absolute atomic E-state index is 0.0552. The molecule has 0 unspecified atom stereocenters. The van der Waals surface area contributed by atoms with Crippen LogP contribution in [0.4, 0.5) is 0 Å². The van der Waals surface area contributed by atoms with Crippen molar-refractivity contribution in [3.63, 3.8) is 0 Å². The number of rotatable bonds is 1. The molecule has 0 atom stereocenters. The number of aliphatic imine (C=N–C) groups is 1. The second-order valence-electron chi connectivity index (χ2n) is 2.70. The molecule has 0 aliphatic heterocycles. The van der Waals surface area contributed by atoms with E-state index in [9.17, 15) is 0 Å². The molecule has 1 radical (unpaired) electrons. The molecule has 0 heterocycles. The first-order valence-electron chi connectivity index (χ1n) is 2.67. The quantitative estimate of drug-likeness (QED) is 0.243. The Labute approximate surface area is 55.4 Å². The van der Waals surface area contributed by atoms with Crippen LogP contribution in [-0.4, -0.2) is 11.9 Å². The topological polar surface area (TPSA) is 48.2 Å². The maximum absolute atomic E-state index is 7.94. The van der Waals surface area contributed by atoms with E-state index in [1.54, 1.807) is 6.19 Å². The molecule has 0 aromatic heterocycles. The van der Waals surface area contributed by atoms with E-state index < -0.39 is 0 Å². The van der Waals surface area contributed by atoms with E-state index in [0.717, 1.165) is 0 Å². The van der Waals surface area contributed by atoms with Crippen molar-refractivity contribution in [2.45, 2.75) is 26.3 Å². The number of nitrogens with one attached hydrogen (secondary N) is 1. The van der Waals surface area contributed by atoms with Gasteiger partial charge in [0.1, 0.15) is 0 Å². The average molecular weight is 124 g/mol. The van der Waals surface area contributed by atoms with Gasteiger partial charge in [-0.05, 0) is 20.8 Å². The standard InChI is InChI=1S/C6H10N3/c1-6(2,3)9-5-8-4-7/h1-3H3,(H,8,9). The van der Waals surface area contributed by atoms with Crippen LogP contribution in [0.25, 0.3) is 0 Å². The highest BCUT2D eigenvalue weighted by Crippen LogP contribution is 1.94. The number of nitrogens with zero attached hydrogens (tertiary/aromatic N) is 2. The smallest absolute Gasteiger partial charge is 0.207 e. The van der Waals surface area contributed by atoms with Crippen molar-refractivity contribution in [2.75, 3.05) is 0 Å². The molecule has 0 bridgehead atoms. The Morgan fingerprint density at radius 3 is 2.33 bits per heavy atom. The van der Waals surface area contributed by atoms with Crippen LogP contribution in [0.2, 0.25) is 0 Å². The van der Waals surface area contributed by atoms with Gasteiger partial charge in [-0.25, -0.2) is 0 Å². The van der Waals surface area contributed by atoms with E-state index in [-0.39, 0.29) is 5.54 Å². The van der Waals surface area contributed by atoms with Gasteiger partial charge in [0.25, 0.3) is 0 Å². The van der Waals surface area contributed by atoms with E-state index in [1.165, 1.54) is 0 Å². The Morgan fingerprint density at radius 2 is 2.00 bits per heavy atom. The van der Waals surface area contributed by atoms with Crippen molar-refractivity contribution in [1.29, 1.82) is 5.26 Å². The van der Waals surface area contributed by atoms with Crippen LogP contribution in [0.15, 0.2) is 4.99 Å². The van der Waals surface area contributed by atoms with Crippen molar-refractivity contribution in [1.82, 2.24) is 5.32 Å². The lowest BCUT2D eigenvalue weighted by atomic mass is 10.1.